The molecule has 1 heterocycles. The number of nitrogens with two attached hydrogens (primary N) is 1. The molecular formula is C15H28N4O. The van der Waals surface area contributed by atoms with Gasteiger partial charge in [0, 0.05) is 6.42 Å². The van der Waals surface area contributed by atoms with Gasteiger partial charge in [-0.1, -0.05) is 33.1 Å². The van der Waals surface area contributed by atoms with Gasteiger partial charge in [0.15, 0.2) is 0 Å². The predicted molar refractivity (Wildman–Crippen MR) is 82.8 cm³/mol. The van der Waals surface area contributed by atoms with Crippen molar-refractivity contribution in [2.24, 2.45) is 5.84 Å². The number of hydrogen-bond acceptors (Lipinski definition) is 5. The zero-order valence-corrected chi connectivity index (χ0v) is 13.2. The average Bonchev–Trinajstić information content (AvgIpc) is 2.45. The highest BCUT2D eigenvalue weighted by Gasteiger charge is 2.13. The summed E-state index contributed by atoms with van der Waals surface area (Å²) in [5.74, 6) is 7.53. The number of aryl methyl sites for hydroxylation is 1. The van der Waals surface area contributed by atoms with Gasteiger partial charge in [-0.15, -0.1) is 0 Å². The molecule has 0 bridgehead atoms. The Bertz CT molecular complexity index is 409. The maximum Gasteiger partial charge on any atom is 0.222 e. The smallest absolute Gasteiger partial charge is 0.222 e. The zero-order chi connectivity index (χ0) is 15.0. The van der Waals surface area contributed by atoms with Crippen LogP contribution in [0.4, 0.5) is 5.82 Å². The lowest BCUT2D eigenvalue weighted by Crippen LogP contribution is -2.17. The van der Waals surface area contributed by atoms with Crippen LogP contribution in [-0.4, -0.2) is 16.1 Å². The van der Waals surface area contributed by atoms with Crippen LogP contribution in [-0.2, 0) is 6.42 Å². The van der Waals surface area contributed by atoms with Crippen molar-refractivity contribution in [1.82, 2.24) is 9.97 Å². The van der Waals surface area contributed by atoms with E-state index in [1.165, 1.54) is 25.7 Å². The van der Waals surface area contributed by atoms with Crippen molar-refractivity contribution in [3.8, 4) is 5.88 Å². The van der Waals surface area contributed by atoms with E-state index < -0.39 is 0 Å². The number of nitrogens with one attached hydrogen (secondary N) is 1. The molecule has 0 radical (unpaired) electrons. The summed E-state index contributed by atoms with van der Waals surface area (Å²) in [6, 6.07) is 0. The molecule has 0 aliphatic heterocycles. The zero-order valence-electron chi connectivity index (χ0n) is 13.2. The SMILES string of the molecule is CCCCCCC(C)Oc1nc(CC)nc(NN)c1C. The van der Waals surface area contributed by atoms with Gasteiger partial charge in [-0.3, -0.25) is 0 Å². The van der Waals surface area contributed by atoms with Gasteiger partial charge in [-0.2, -0.15) is 4.98 Å². The van der Waals surface area contributed by atoms with E-state index >= 15 is 0 Å². The Hall–Kier alpha value is -1.36. The Morgan fingerprint density at radius 3 is 2.55 bits per heavy atom. The topological polar surface area (TPSA) is 73.1 Å². The summed E-state index contributed by atoms with van der Waals surface area (Å²) in [6.45, 7) is 8.25. The molecule has 0 amide bonds. The first kappa shape index (κ1) is 16.7. The molecule has 1 unspecified atom stereocenters. The van der Waals surface area contributed by atoms with Crippen molar-refractivity contribution in [1.29, 1.82) is 0 Å². The molecule has 1 rings (SSSR count). The van der Waals surface area contributed by atoms with Gasteiger partial charge in [0.05, 0.1) is 11.7 Å². The minimum Gasteiger partial charge on any atom is -0.474 e. The molecule has 20 heavy (non-hydrogen) atoms. The van der Waals surface area contributed by atoms with Crippen LogP contribution in [0.2, 0.25) is 0 Å². The number of hydrogen-bond donors (Lipinski definition) is 2. The van der Waals surface area contributed by atoms with Gasteiger partial charge in [-0.05, 0) is 26.7 Å². The lowest BCUT2D eigenvalue weighted by atomic mass is 10.1. The number of unbranched alkanes of at least 4 members (excludes halogenated alkanes) is 3. The molecule has 5 heteroatoms. The Balaban J connectivity index is 2.65. The maximum atomic E-state index is 5.96. The molecule has 1 aromatic rings. The summed E-state index contributed by atoms with van der Waals surface area (Å²) in [5.41, 5.74) is 3.48. The summed E-state index contributed by atoms with van der Waals surface area (Å²) in [4.78, 5) is 8.79. The number of ether oxygens (including phenoxy) is 1. The van der Waals surface area contributed by atoms with Crippen molar-refractivity contribution in [3.63, 3.8) is 0 Å². The summed E-state index contributed by atoms with van der Waals surface area (Å²) in [6.07, 6.45) is 6.99. The van der Waals surface area contributed by atoms with Gasteiger partial charge >= 0.3 is 0 Å². The molecule has 0 spiro atoms. The van der Waals surface area contributed by atoms with Crippen molar-refractivity contribution in [3.05, 3.63) is 11.4 Å². The number of nitrogens with zero attached hydrogens (tertiary/aromatic N) is 2. The van der Waals surface area contributed by atoms with Gasteiger partial charge in [-0.25, -0.2) is 10.8 Å². The standard InChI is InChI=1S/C15H28N4O/c1-5-7-8-9-10-11(3)20-15-12(4)14(19-16)17-13(6-2)18-15/h11H,5-10,16H2,1-4H3,(H,17,18,19). The third kappa shape index (κ3) is 4.96. The van der Waals surface area contributed by atoms with Crippen LogP contribution in [0.3, 0.4) is 0 Å². The average molecular weight is 280 g/mol. The quantitative estimate of drug-likeness (QED) is 0.412. The predicted octanol–water partition coefficient (Wildman–Crippen LogP) is 3.37. The van der Waals surface area contributed by atoms with Gasteiger partial charge in [0.25, 0.3) is 0 Å². The Morgan fingerprint density at radius 2 is 1.95 bits per heavy atom. The first-order valence-electron chi connectivity index (χ1n) is 7.63. The fraction of sp³-hybridized carbons (Fsp3) is 0.733. The summed E-state index contributed by atoms with van der Waals surface area (Å²) >= 11 is 0. The molecule has 0 fully saturated rings. The molecule has 0 aliphatic rings. The van der Waals surface area contributed by atoms with Crippen LogP contribution in [0.5, 0.6) is 5.88 Å². The molecule has 0 aliphatic carbocycles. The monoisotopic (exact) mass is 280 g/mol. The summed E-state index contributed by atoms with van der Waals surface area (Å²) in [7, 11) is 0. The van der Waals surface area contributed by atoms with Crippen molar-refractivity contribution < 1.29 is 4.74 Å². The van der Waals surface area contributed by atoms with Crippen LogP contribution >= 0.6 is 0 Å². The van der Waals surface area contributed by atoms with Crippen molar-refractivity contribution in [2.75, 3.05) is 5.43 Å². The van der Waals surface area contributed by atoms with Gasteiger partial charge in [0.1, 0.15) is 11.6 Å². The van der Waals surface area contributed by atoms with Crippen molar-refractivity contribution in [2.45, 2.75) is 72.3 Å². The number of aromatic nitrogens is 2. The normalized spacial score (nSPS) is 12.2. The highest BCUT2D eigenvalue weighted by Crippen LogP contribution is 2.23. The van der Waals surface area contributed by atoms with Crippen LogP contribution in [0.15, 0.2) is 0 Å². The van der Waals surface area contributed by atoms with E-state index in [9.17, 15) is 0 Å². The van der Waals surface area contributed by atoms with E-state index in [1.54, 1.807) is 0 Å². The van der Waals surface area contributed by atoms with E-state index in [-0.39, 0.29) is 6.10 Å². The van der Waals surface area contributed by atoms with Gasteiger partial charge in [0.2, 0.25) is 5.88 Å². The Morgan fingerprint density at radius 1 is 1.20 bits per heavy atom. The maximum absolute atomic E-state index is 5.96. The molecule has 1 atom stereocenters. The number of rotatable bonds is 9. The second-order valence-electron chi connectivity index (χ2n) is 5.19. The number of anilines is 1. The Kier molecular flexibility index (Phi) is 7.30. The largest absolute Gasteiger partial charge is 0.474 e. The molecule has 1 aromatic heterocycles. The van der Waals surface area contributed by atoms with Gasteiger partial charge < -0.3 is 10.2 Å². The molecule has 0 aromatic carbocycles. The fourth-order valence-corrected chi connectivity index (χ4v) is 2.06. The second kappa shape index (κ2) is 8.74. The number of nitrogen functional groups attached to an aromatic ring is 1. The fourth-order valence-electron chi connectivity index (χ4n) is 2.06. The van der Waals surface area contributed by atoms with Crippen molar-refractivity contribution >= 4 is 5.82 Å². The third-order valence-corrected chi connectivity index (χ3v) is 3.38. The molecule has 114 valence electrons. The van der Waals surface area contributed by atoms with E-state index in [0.717, 1.165) is 24.2 Å². The lowest BCUT2D eigenvalue weighted by Gasteiger charge is -2.17. The van der Waals surface area contributed by atoms with Crippen LogP contribution in [0, 0.1) is 6.92 Å². The second-order valence-corrected chi connectivity index (χ2v) is 5.19. The van der Waals surface area contributed by atoms with E-state index in [1.807, 2.05) is 13.8 Å². The highest BCUT2D eigenvalue weighted by molar-refractivity contribution is 5.47. The molecule has 0 saturated carbocycles. The lowest BCUT2D eigenvalue weighted by molar-refractivity contribution is 0.196. The minimum atomic E-state index is 0.163. The minimum absolute atomic E-state index is 0.163. The molecule has 0 saturated heterocycles. The first-order valence-corrected chi connectivity index (χ1v) is 7.63. The highest BCUT2D eigenvalue weighted by atomic mass is 16.5. The summed E-state index contributed by atoms with van der Waals surface area (Å²) in [5, 5.41) is 0. The Labute approximate surface area is 122 Å². The van der Waals surface area contributed by atoms with Crippen LogP contribution in [0.1, 0.15) is 64.3 Å². The van der Waals surface area contributed by atoms with Crippen LogP contribution in [0.25, 0.3) is 0 Å². The molecule has 5 nitrogen and oxygen atoms in total. The number of hydrazine groups is 1. The van der Waals surface area contributed by atoms with E-state index in [4.69, 9.17) is 10.6 Å². The van der Waals surface area contributed by atoms with Crippen LogP contribution < -0.4 is 16.0 Å². The van der Waals surface area contributed by atoms with E-state index in [0.29, 0.717) is 11.7 Å². The third-order valence-electron chi connectivity index (χ3n) is 3.38. The van der Waals surface area contributed by atoms with E-state index in [2.05, 4.69) is 29.2 Å². The first-order chi connectivity index (χ1) is 9.62. The summed E-state index contributed by atoms with van der Waals surface area (Å²) < 4.78 is 5.96. The molecular weight excluding hydrogens is 252 g/mol. The molecule has 3 N–H and O–H groups in total.